The number of hydrogen-bond donors (Lipinski definition) is 3. The number of nitrogens with zero attached hydrogens (tertiary/aromatic N) is 2. The van der Waals surface area contributed by atoms with Crippen LogP contribution in [0.4, 0.5) is 0 Å². The van der Waals surface area contributed by atoms with Crippen molar-refractivity contribution in [2.75, 3.05) is 26.4 Å². The van der Waals surface area contributed by atoms with Crippen LogP contribution in [0.5, 0.6) is 0 Å². The molecule has 6 nitrogen and oxygen atoms in total. The van der Waals surface area contributed by atoms with Gasteiger partial charge in [0.25, 0.3) is 0 Å². The standard InChI is InChI=1S/C19H28N4O2/c1-15-11-25-14-19(13-24,12-20-8-18-9-21-22-16(18)2)23(15)10-17-6-4-3-5-7-17/h3-7,9,15,20,24H,8,10-14H2,1-2H3,(H,21,22)/t15-,19+/m1/s1. The molecule has 1 aromatic heterocycles. The van der Waals surface area contributed by atoms with Crippen LogP contribution in [0.3, 0.4) is 0 Å². The second-order valence-corrected chi connectivity index (χ2v) is 6.98. The van der Waals surface area contributed by atoms with Gasteiger partial charge in [0.2, 0.25) is 0 Å². The number of aliphatic hydroxyl groups is 1. The van der Waals surface area contributed by atoms with Gasteiger partial charge in [0, 0.05) is 36.9 Å². The average molecular weight is 344 g/mol. The second kappa shape index (κ2) is 8.10. The fourth-order valence-electron chi connectivity index (χ4n) is 3.49. The summed E-state index contributed by atoms with van der Waals surface area (Å²) in [6, 6.07) is 10.7. The molecule has 0 radical (unpaired) electrons. The molecule has 25 heavy (non-hydrogen) atoms. The zero-order chi connectivity index (χ0) is 17.7. The van der Waals surface area contributed by atoms with E-state index >= 15 is 0 Å². The Morgan fingerprint density at radius 1 is 1.40 bits per heavy atom. The minimum absolute atomic E-state index is 0.0571. The van der Waals surface area contributed by atoms with Gasteiger partial charge in [-0.25, -0.2) is 0 Å². The molecule has 0 aliphatic carbocycles. The van der Waals surface area contributed by atoms with Crippen LogP contribution >= 0.6 is 0 Å². The summed E-state index contributed by atoms with van der Waals surface area (Å²) in [4.78, 5) is 2.38. The summed E-state index contributed by atoms with van der Waals surface area (Å²) in [7, 11) is 0. The molecule has 0 bridgehead atoms. The summed E-state index contributed by atoms with van der Waals surface area (Å²) in [5, 5.41) is 20.7. The number of aryl methyl sites for hydroxylation is 1. The molecule has 1 aromatic carbocycles. The van der Waals surface area contributed by atoms with E-state index in [1.54, 1.807) is 0 Å². The van der Waals surface area contributed by atoms with Gasteiger partial charge in [-0.05, 0) is 19.4 Å². The number of hydrogen-bond acceptors (Lipinski definition) is 5. The van der Waals surface area contributed by atoms with Crippen molar-refractivity contribution < 1.29 is 9.84 Å². The molecule has 0 amide bonds. The van der Waals surface area contributed by atoms with Gasteiger partial charge in [0.1, 0.15) is 0 Å². The molecule has 2 atom stereocenters. The third-order valence-corrected chi connectivity index (χ3v) is 5.07. The maximum absolute atomic E-state index is 10.2. The van der Waals surface area contributed by atoms with Gasteiger partial charge in [0.05, 0.1) is 31.6 Å². The van der Waals surface area contributed by atoms with Crippen LogP contribution < -0.4 is 5.32 Å². The second-order valence-electron chi connectivity index (χ2n) is 6.98. The number of H-pyrrole nitrogens is 1. The largest absolute Gasteiger partial charge is 0.394 e. The lowest BCUT2D eigenvalue weighted by atomic mass is 9.94. The maximum atomic E-state index is 10.2. The lowest BCUT2D eigenvalue weighted by Gasteiger charge is -2.49. The molecule has 1 saturated heterocycles. The minimum Gasteiger partial charge on any atom is -0.394 e. The minimum atomic E-state index is -0.425. The number of aromatic nitrogens is 2. The fraction of sp³-hybridized carbons (Fsp3) is 0.526. The molecule has 0 spiro atoms. The number of morpholine rings is 1. The Morgan fingerprint density at radius 3 is 2.88 bits per heavy atom. The van der Waals surface area contributed by atoms with Gasteiger partial charge in [-0.15, -0.1) is 0 Å². The number of nitrogens with one attached hydrogen (secondary N) is 2. The van der Waals surface area contributed by atoms with Crippen LogP contribution in [0, 0.1) is 6.92 Å². The Balaban J connectivity index is 1.71. The molecule has 1 aliphatic rings. The topological polar surface area (TPSA) is 73.4 Å². The Morgan fingerprint density at radius 2 is 2.20 bits per heavy atom. The number of aromatic amines is 1. The maximum Gasteiger partial charge on any atom is 0.0807 e. The first-order chi connectivity index (χ1) is 12.1. The van der Waals surface area contributed by atoms with Crippen molar-refractivity contribution in [3.63, 3.8) is 0 Å². The van der Waals surface area contributed by atoms with Crippen LogP contribution in [0.15, 0.2) is 36.5 Å². The van der Waals surface area contributed by atoms with Crippen molar-refractivity contribution in [3.8, 4) is 0 Å². The smallest absolute Gasteiger partial charge is 0.0807 e. The molecule has 1 fully saturated rings. The van der Waals surface area contributed by atoms with E-state index in [2.05, 4.69) is 51.6 Å². The van der Waals surface area contributed by atoms with Gasteiger partial charge >= 0.3 is 0 Å². The monoisotopic (exact) mass is 344 g/mol. The summed E-state index contributed by atoms with van der Waals surface area (Å²) in [6.45, 7) is 7.63. The SMILES string of the molecule is Cc1[nH]ncc1CNC[C@]1(CO)COC[C@@H](C)N1Cc1ccccc1. The highest BCUT2D eigenvalue weighted by Gasteiger charge is 2.42. The highest BCUT2D eigenvalue weighted by molar-refractivity contribution is 5.16. The van der Waals surface area contributed by atoms with Gasteiger partial charge in [-0.1, -0.05) is 30.3 Å². The molecule has 3 rings (SSSR count). The first-order valence-corrected chi connectivity index (χ1v) is 8.83. The van der Waals surface area contributed by atoms with Crippen molar-refractivity contribution in [1.82, 2.24) is 20.4 Å². The highest BCUT2D eigenvalue weighted by atomic mass is 16.5. The number of ether oxygens (including phenoxy) is 1. The Kier molecular flexibility index (Phi) is 5.86. The van der Waals surface area contributed by atoms with Gasteiger partial charge < -0.3 is 15.2 Å². The molecule has 2 heterocycles. The first kappa shape index (κ1) is 18.1. The number of rotatable bonds is 7. The van der Waals surface area contributed by atoms with Crippen molar-refractivity contribution in [2.45, 2.75) is 38.5 Å². The van der Waals surface area contributed by atoms with Gasteiger partial charge in [-0.2, -0.15) is 5.10 Å². The summed E-state index contributed by atoms with van der Waals surface area (Å²) < 4.78 is 5.81. The molecular weight excluding hydrogens is 316 g/mol. The van der Waals surface area contributed by atoms with E-state index in [0.29, 0.717) is 19.8 Å². The van der Waals surface area contributed by atoms with E-state index < -0.39 is 5.54 Å². The van der Waals surface area contributed by atoms with E-state index in [0.717, 1.165) is 24.3 Å². The third-order valence-electron chi connectivity index (χ3n) is 5.07. The number of benzene rings is 1. The molecular formula is C19H28N4O2. The zero-order valence-corrected chi connectivity index (χ0v) is 15.0. The van der Waals surface area contributed by atoms with Crippen molar-refractivity contribution in [2.24, 2.45) is 0 Å². The summed E-state index contributed by atoms with van der Waals surface area (Å²) in [5.41, 5.74) is 3.04. The van der Waals surface area contributed by atoms with Gasteiger partial charge in [-0.3, -0.25) is 10.00 Å². The molecule has 0 unspecified atom stereocenters. The highest BCUT2D eigenvalue weighted by Crippen LogP contribution is 2.26. The summed E-state index contributed by atoms with van der Waals surface area (Å²) in [6.07, 6.45) is 1.84. The van der Waals surface area contributed by atoms with Crippen LogP contribution in [-0.4, -0.2) is 58.1 Å². The van der Waals surface area contributed by atoms with Gasteiger partial charge in [0.15, 0.2) is 0 Å². The molecule has 2 aromatic rings. The number of aliphatic hydroxyl groups excluding tert-OH is 1. The predicted molar refractivity (Wildman–Crippen MR) is 97.1 cm³/mol. The van der Waals surface area contributed by atoms with E-state index in [9.17, 15) is 5.11 Å². The Bertz CT molecular complexity index is 660. The first-order valence-electron chi connectivity index (χ1n) is 8.83. The summed E-state index contributed by atoms with van der Waals surface area (Å²) >= 11 is 0. The molecule has 136 valence electrons. The Labute approximate surface area is 149 Å². The van der Waals surface area contributed by atoms with Crippen molar-refractivity contribution in [3.05, 3.63) is 53.3 Å². The normalized spacial score (nSPS) is 24.5. The summed E-state index contributed by atoms with van der Waals surface area (Å²) in [5.74, 6) is 0. The fourth-order valence-corrected chi connectivity index (χ4v) is 3.49. The molecule has 3 N–H and O–H groups in total. The average Bonchev–Trinajstić information content (AvgIpc) is 3.04. The molecule has 6 heteroatoms. The quantitative estimate of drug-likeness (QED) is 0.709. The van der Waals surface area contributed by atoms with E-state index in [1.807, 2.05) is 19.2 Å². The van der Waals surface area contributed by atoms with Crippen LogP contribution in [0.1, 0.15) is 23.7 Å². The van der Waals surface area contributed by atoms with Crippen molar-refractivity contribution >= 4 is 0 Å². The van der Waals surface area contributed by atoms with Crippen LogP contribution in [0.25, 0.3) is 0 Å². The van der Waals surface area contributed by atoms with E-state index in [4.69, 9.17) is 4.74 Å². The van der Waals surface area contributed by atoms with Crippen LogP contribution in [-0.2, 0) is 17.8 Å². The van der Waals surface area contributed by atoms with E-state index in [1.165, 1.54) is 5.56 Å². The molecule has 1 aliphatic heterocycles. The van der Waals surface area contributed by atoms with E-state index in [-0.39, 0.29) is 12.6 Å². The van der Waals surface area contributed by atoms with Crippen molar-refractivity contribution in [1.29, 1.82) is 0 Å². The van der Waals surface area contributed by atoms with Crippen LogP contribution in [0.2, 0.25) is 0 Å². The zero-order valence-electron chi connectivity index (χ0n) is 15.0. The lowest BCUT2D eigenvalue weighted by molar-refractivity contribution is -0.122. The third kappa shape index (κ3) is 4.10. The molecule has 0 saturated carbocycles. The Hall–Kier alpha value is -1.73. The predicted octanol–water partition coefficient (Wildman–Crippen LogP) is 1.46. The lowest BCUT2D eigenvalue weighted by Crippen LogP contribution is -2.66.